The zero-order chi connectivity index (χ0) is 20.6. The van der Waals surface area contributed by atoms with Crippen molar-refractivity contribution in [2.45, 2.75) is 0 Å². The van der Waals surface area contributed by atoms with Gasteiger partial charge in [-0.3, -0.25) is 9.97 Å². The fourth-order valence-corrected chi connectivity index (χ4v) is 3.69. The molecule has 0 saturated heterocycles. The summed E-state index contributed by atoms with van der Waals surface area (Å²) in [6.45, 7) is 0. The minimum Gasteiger partial charge on any atom is -0.254 e. The Morgan fingerprint density at radius 1 is 0.750 bits per heavy atom. The van der Waals surface area contributed by atoms with Gasteiger partial charge in [0.2, 0.25) is 0 Å². The number of hydrogen-bond acceptors (Lipinski definition) is 2. The second kappa shape index (κ2) is 8.94. The van der Waals surface area contributed by atoms with Gasteiger partial charge in [0.15, 0.2) is 0 Å². The van der Waals surface area contributed by atoms with Gasteiger partial charge in [-0.05, 0) is 50.1 Å². The van der Waals surface area contributed by atoms with Crippen molar-refractivity contribution in [2.75, 3.05) is 0 Å². The Hall–Kier alpha value is -0.760. The molecule has 2 aromatic heterocycles. The molecule has 144 valence electrons. The Labute approximate surface area is 195 Å². The Morgan fingerprint density at radius 2 is 1.36 bits per heavy atom. The molecule has 0 aliphatic heterocycles. The van der Waals surface area contributed by atoms with Crippen LogP contribution in [-0.4, -0.2) is 9.97 Å². The molecule has 0 spiro atoms. The normalized spacial score (nSPS) is 10.9. The first-order valence-corrected chi connectivity index (χ1v) is 10.5. The number of aromatic nitrogens is 2. The van der Waals surface area contributed by atoms with Crippen molar-refractivity contribution in [1.82, 2.24) is 9.97 Å². The molecule has 0 aliphatic carbocycles. The van der Waals surface area contributed by atoms with E-state index in [0.29, 0.717) is 35.4 Å². The van der Waals surface area contributed by atoms with Crippen molar-refractivity contribution in [1.29, 1.82) is 0 Å². The molecule has 0 atom stereocenters. The summed E-state index contributed by atoms with van der Waals surface area (Å²) in [7, 11) is 0. The second-order valence-corrected chi connectivity index (χ2v) is 8.66. The molecule has 0 amide bonds. The smallest absolute Gasteiger partial charge is 0.148 e. The van der Waals surface area contributed by atoms with Crippen LogP contribution in [0.15, 0.2) is 45.6 Å². The largest absolute Gasteiger partial charge is 0.254 e. The van der Waals surface area contributed by atoms with Gasteiger partial charge in [-0.1, -0.05) is 46.4 Å². The van der Waals surface area contributed by atoms with Crippen molar-refractivity contribution in [3.05, 3.63) is 77.3 Å². The van der Waals surface area contributed by atoms with Gasteiger partial charge in [0, 0.05) is 23.8 Å². The third-order valence-corrected chi connectivity index (χ3v) is 6.41. The number of hydrogen-bond donors (Lipinski definition) is 0. The van der Waals surface area contributed by atoms with Crippen molar-refractivity contribution in [3.63, 3.8) is 0 Å². The highest BCUT2D eigenvalue weighted by atomic mass is 79.9. The fraction of sp³-hybridized carbons (Fsp3) is 0. The van der Waals surface area contributed by atoms with Gasteiger partial charge < -0.3 is 0 Å². The van der Waals surface area contributed by atoms with Gasteiger partial charge in [-0.25, -0.2) is 8.78 Å². The molecule has 0 unspecified atom stereocenters. The lowest BCUT2D eigenvalue weighted by Gasteiger charge is -2.04. The van der Waals surface area contributed by atoms with Gasteiger partial charge in [-0.15, -0.1) is 0 Å². The van der Waals surface area contributed by atoms with E-state index in [9.17, 15) is 8.78 Å². The van der Waals surface area contributed by atoms with E-state index in [1.54, 1.807) is 18.2 Å². The fourth-order valence-electron chi connectivity index (χ4n) is 2.29. The first kappa shape index (κ1) is 21.9. The summed E-state index contributed by atoms with van der Waals surface area (Å²) < 4.78 is 27.4. The summed E-state index contributed by atoms with van der Waals surface area (Å²) in [4.78, 5) is 7.93. The molecule has 2 aromatic carbocycles. The summed E-state index contributed by atoms with van der Waals surface area (Å²) in [5, 5.41) is 2.06. The van der Waals surface area contributed by atoms with Crippen LogP contribution in [0.2, 0.25) is 20.1 Å². The van der Waals surface area contributed by atoms with E-state index in [0.717, 1.165) is 0 Å². The monoisotopic (exact) mass is 586 g/mol. The molecule has 0 radical (unpaired) electrons. The van der Waals surface area contributed by atoms with Gasteiger partial charge in [-0.2, -0.15) is 0 Å². The number of halogens is 8. The topological polar surface area (TPSA) is 25.8 Å². The van der Waals surface area contributed by atoms with Gasteiger partial charge in [0.05, 0.1) is 45.5 Å². The number of benzene rings is 2. The van der Waals surface area contributed by atoms with E-state index in [4.69, 9.17) is 46.4 Å². The highest BCUT2D eigenvalue weighted by Crippen LogP contribution is 2.34. The van der Waals surface area contributed by atoms with Crippen molar-refractivity contribution in [3.8, 4) is 0 Å². The Bertz CT molecular complexity index is 1170. The third-order valence-electron chi connectivity index (χ3n) is 3.62. The molecular weight excluding hydrogens is 584 g/mol. The molecule has 10 heteroatoms. The van der Waals surface area contributed by atoms with Crippen LogP contribution in [0.3, 0.4) is 0 Å². The molecular formula is C18H6Br2Cl4F2N2. The molecule has 2 heterocycles. The molecule has 28 heavy (non-hydrogen) atoms. The maximum atomic E-state index is 13.6. The molecule has 2 nitrogen and oxygen atoms in total. The van der Waals surface area contributed by atoms with Gasteiger partial charge in [0.25, 0.3) is 0 Å². The van der Waals surface area contributed by atoms with Crippen molar-refractivity contribution in [2.24, 2.45) is 0 Å². The first-order chi connectivity index (χ1) is 13.2. The summed E-state index contributed by atoms with van der Waals surface area (Å²) in [6, 6.07) is 6.12. The van der Waals surface area contributed by atoms with E-state index < -0.39 is 5.82 Å². The lowest BCUT2D eigenvalue weighted by molar-refractivity contribution is 0.623. The zero-order valence-corrected chi connectivity index (χ0v) is 19.6. The van der Waals surface area contributed by atoms with Crippen molar-refractivity contribution >= 4 is 100 Å². The minimum absolute atomic E-state index is 0.190. The summed E-state index contributed by atoms with van der Waals surface area (Å²) in [5.41, 5.74) is 0.972. The second-order valence-electron chi connectivity index (χ2n) is 5.38. The zero-order valence-electron chi connectivity index (χ0n) is 13.4. The van der Waals surface area contributed by atoms with E-state index in [2.05, 4.69) is 41.8 Å². The molecule has 0 bridgehead atoms. The van der Waals surface area contributed by atoms with Crippen LogP contribution < -0.4 is 0 Å². The average Bonchev–Trinajstić information content (AvgIpc) is 2.66. The summed E-state index contributed by atoms with van der Waals surface area (Å²) >= 11 is 29.5. The van der Waals surface area contributed by atoms with E-state index in [1.807, 2.05) is 0 Å². The summed E-state index contributed by atoms with van der Waals surface area (Å²) in [6.07, 6.45) is 2.80. The summed E-state index contributed by atoms with van der Waals surface area (Å²) in [5.74, 6) is -0.814. The maximum Gasteiger partial charge on any atom is 0.148 e. The highest BCUT2D eigenvalue weighted by molar-refractivity contribution is 9.10. The van der Waals surface area contributed by atoms with Gasteiger partial charge >= 0.3 is 0 Å². The van der Waals surface area contributed by atoms with Crippen LogP contribution >= 0.6 is 78.3 Å². The first-order valence-electron chi connectivity index (χ1n) is 7.37. The van der Waals surface area contributed by atoms with E-state index >= 15 is 0 Å². The van der Waals surface area contributed by atoms with Gasteiger partial charge in [0.1, 0.15) is 11.6 Å². The van der Waals surface area contributed by atoms with Crippen LogP contribution in [-0.2, 0) is 0 Å². The van der Waals surface area contributed by atoms with Crippen LogP contribution in [0.25, 0.3) is 21.8 Å². The number of rotatable bonds is 0. The van der Waals surface area contributed by atoms with Crippen LogP contribution in [0.5, 0.6) is 0 Å². The minimum atomic E-state index is -0.442. The van der Waals surface area contributed by atoms with Crippen LogP contribution in [0, 0.1) is 11.6 Å². The lowest BCUT2D eigenvalue weighted by atomic mass is 10.2. The molecule has 0 N–H and O–H groups in total. The molecule has 0 aliphatic rings. The molecule has 0 saturated carbocycles. The van der Waals surface area contributed by atoms with E-state index in [1.165, 1.54) is 18.5 Å². The Kier molecular flexibility index (Phi) is 7.00. The quantitative estimate of drug-likeness (QED) is 0.205. The van der Waals surface area contributed by atoms with E-state index in [-0.39, 0.29) is 21.2 Å². The highest BCUT2D eigenvalue weighted by Gasteiger charge is 2.12. The van der Waals surface area contributed by atoms with Crippen molar-refractivity contribution < 1.29 is 8.78 Å². The number of fused-ring (bicyclic) bond motifs is 2. The molecule has 0 fully saturated rings. The molecule has 4 aromatic rings. The van der Waals surface area contributed by atoms with Crippen LogP contribution in [0.1, 0.15) is 0 Å². The van der Waals surface area contributed by atoms with Crippen LogP contribution in [0.4, 0.5) is 8.78 Å². The predicted octanol–water partition coefficient (Wildman–Crippen LogP) is 8.89. The SMILES string of the molecule is Fc1c(Br)ccc2ncc(Cl)c(Cl)c12.Fc1cc2ncc(Cl)c(Cl)c2cc1Br. The average molecular weight is 590 g/mol. The standard InChI is InChI=1S/2C9H3BrCl2FN/c10-5-1-4-8(2-7(5)13)14-3-6(11)9(4)12;10-4-1-2-6-7(9(4)13)8(12)5(11)3-14-6/h2*1-3H. The lowest BCUT2D eigenvalue weighted by Crippen LogP contribution is -1.86. The maximum absolute atomic E-state index is 13.6. The number of pyridine rings is 2. The Balaban J connectivity index is 0.000000161. The predicted molar refractivity (Wildman–Crippen MR) is 119 cm³/mol. The Morgan fingerprint density at radius 3 is 2.04 bits per heavy atom. The third kappa shape index (κ3) is 4.37. The molecule has 4 rings (SSSR count). The number of nitrogens with zero attached hydrogens (tertiary/aromatic N) is 2.